The molecule has 26 nitrogen and oxygen atoms in total. The summed E-state index contributed by atoms with van der Waals surface area (Å²) in [6.07, 6.45) is -1.24. The summed E-state index contributed by atoms with van der Waals surface area (Å²) < 4.78 is 0. The topological polar surface area (TPSA) is 552 Å². The van der Waals surface area contributed by atoms with Gasteiger partial charge in [-0.3, -0.25) is 47.9 Å². The van der Waals surface area contributed by atoms with Crippen LogP contribution in [0.25, 0.3) is 0 Å². The molecule has 0 aliphatic heterocycles. The number of amides is 4. The molecule has 0 radical (unpaired) electrons. The minimum absolute atomic E-state index is 0.278. The maximum atomic E-state index is 9.99. The Balaban J connectivity index is -0.000000106. The first-order valence-electron chi connectivity index (χ1n) is 11.6. The fraction of sp³-hybridized carbons (Fsp3) is 0.500. The van der Waals surface area contributed by atoms with E-state index in [0.717, 1.165) is 0 Å². The molecular weight excluding hydrogens is 636 g/mol. The molecule has 0 heterocycles. The Bertz CT molecular complexity index is 869. The maximum absolute atomic E-state index is 9.99. The first kappa shape index (κ1) is 53.1. The zero-order valence-electron chi connectivity index (χ0n) is 24.1. The third-order valence-corrected chi connectivity index (χ3v) is 3.30. The van der Waals surface area contributed by atoms with E-state index in [9.17, 15) is 47.9 Å². The van der Waals surface area contributed by atoms with Gasteiger partial charge in [0.05, 0.1) is 38.8 Å². The van der Waals surface area contributed by atoms with Crippen molar-refractivity contribution in [2.45, 2.75) is 49.9 Å². The number of nitrogens with two attached hydrogens (primary N) is 10. The van der Waals surface area contributed by atoms with Crippen molar-refractivity contribution in [3.8, 4) is 0 Å². The number of carboxylic acid groups (broad SMARTS) is 6. The van der Waals surface area contributed by atoms with E-state index in [0.29, 0.717) is 0 Å². The van der Waals surface area contributed by atoms with Gasteiger partial charge < -0.3 is 88.0 Å². The van der Waals surface area contributed by atoms with Gasteiger partial charge in [0.25, 0.3) is 0 Å². The minimum Gasteiger partial charge on any atom is -0.480 e. The fourth-order valence-corrected chi connectivity index (χ4v) is 1.22. The third-order valence-electron chi connectivity index (χ3n) is 3.30. The average molecular weight is 679 g/mol. The summed E-state index contributed by atoms with van der Waals surface area (Å²) in [4.78, 5) is 98.1. The number of hydrogen-bond acceptors (Lipinski definition) is 16. The summed E-state index contributed by atoms with van der Waals surface area (Å²) in [5.41, 5.74) is 47.4. The zero-order valence-corrected chi connectivity index (χ0v) is 24.1. The van der Waals surface area contributed by atoms with Gasteiger partial charge in [0.1, 0.15) is 24.2 Å². The Hall–Kier alpha value is -5.54. The number of rotatable bonds is 14. The number of aliphatic carboxylic acids is 6. The van der Waals surface area contributed by atoms with Gasteiger partial charge in [-0.2, -0.15) is 0 Å². The average Bonchev–Trinajstić information content (AvgIpc) is 2.88. The smallest absolute Gasteiger partial charge is 0.321 e. The third kappa shape index (κ3) is 58.2. The molecule has 0 spiro atoms. The summed E-state index contributed by atoms with van der Waals surface area (Å²) in [7, 11) is 0. The highest BCUT2D eigenvalue weighted by Crippen LogP contribution is 1.86. The second-order valence-corrected chi connectivity index (χ2v) is 7.66. The van der Waals surface area contributed by atoms with Crippen molar-refractivity contribution in [2.24, 2.45) is 57.3 Å². The Morgan fingerprint density at radius 2 is 0.478 bits per heavy atom. The van der Waals surface area contributed by atoms with E-state index < -0.39 is 83.6 Å². The Morgan fingerprint density at radius 1 is 0.370 bits per heavy atom. The maximum Gasteiger partial charge on any atom is 0.321 e. The second-order valence-electron chi connectivity index (χ2n) is 7.66. The molecule has 0 aliphatic carbocycles. The van der Waals surface area contributed by atoms with Crippen LogP contribution in [0, 0.1) is 0 Å². The van der Waals surface area contributed by atoms with Crippen LogP contribution in [0.5, 0.6) is 0 Å². The lowest BCUT2D eigenvalue weighted by Gasteiger charge is -1.99. The van der Waals surface area contributed by atoms with Crippen LogP contribution in [0.1, 0.15) is 25.7 Å². The fourth-order valence-electron chi connectivity index (χ4n) is 1.22. The highest BCUT2D eigenvalue weighted by atomic mass is 16.4. The van der Waals surface area contributed by atoms with Crippen LogP contribution in [0.15, 0.2) is 0 Å². The number of carbonyl (C=O) groups excluding carboxylic acids is 4. The van der Waals surface area contributed by atoms with E-state index >= 15 is 0 Å². The summed E-state index contributed by atoms with van der Waals surface area (Å²) >= 11 is 0. The first-order chi connectivity index (χ1) is 20.7. The lowest BCUT2D eigenvalue weighted by atomic mass is 10.2. The molecule has 4 unspecified atom stereocenters. The highest BCUT2D eigenvalue weighted by Gasteiger charge is 2.15. The molecule has 0 saturated heterocycles. The van der Waals surface area contributed by atoms with Crippen LogP contribution in [0.4, 0.5) is 0 Å². The van der Waals surface area contributed by atoms with E-state index in [1.165, 1.54) is 0 Å². The molecule has 0 rings (SSSR count). The number of hydrogen-bond donors (Lipinski definition) is 16. The van der Waals surface area contributed by atoms with Crippen molar-refractivity contribution in [1.82, 2.24) is 0 Å². The molecule has 26 heteroatoms. The SMILES string of the molecule is NC(=O)CC(N)C(=O)O.NC(=O)CC(N)C(=O)O.NC(=O)CC(N)C(=O)O.NC(=O)CC(N)C(=O)O.NCC(=O)O.NCC(=O)O. The molecule has 4 atom stereocenters. The molecule has 0 bridgehead atoms. The van der Waals surface area contributed by atoms with E-state index in [1.807, 2.05) is 0 Å². The van der Waals surface area contributed by atoms with Crippen LogP contribution in [0.2, 0.25) is 0 Å². The lowest BCUT2D eigenvalue weighted by molar-refractivity contribution is -0.140. The van der Waals surface area contributed by atoms with Gasteiger partial charge in [0.2, 0.25) is 23.6 Å². The normalized spacial score (nSPS) is 11.4. The molecule has 4 amide bonds. The van der Waals surface area contributed by atoms with Crippen molar-refractivity contribution in [3.63, 3.8) is 0 Å². The van der Waals surface area contributed by atoms with Crippen LogP contribution in [-0.2, 0) is 47.9 Å². The Labute approximate surface area is 258 Å². The highest BCUT2D eigenvalue weighted by molar-refractivity contribution is 5.84. The molecule has 268 valence electrons. The van der Waals surface area contributed by atoms with Gasteiger partial charge in [-0.25, -0.2) is 0 Å². The van der Waals surface area contributed by atoms with Crippen LogP contribution >= 0.6 is 0 Å². The lowest BCUT2D eigenvalue weighted by Crippen LogP contribution is -2.34. The van der Waals surface area contributed by atoms with Crippen molar-refractivity contribution >= 4 is 59.4 Å². The van der Waals surface area contributed by atoms with Gasteiger partial charge in [0.15, 0.2) is 0 Å². The van der Waals surface area contributed by atoms with E-state index in [-0.39, 0.29) is 38.8 Å². The zero-order chi connectivity index (χ0) is 38.3. The monoisotopic (exact) mass is 678 g/mol. The molecule has 46 heavy (non-hydrogen) atoms. The van der Waals surface area contributed by atoms with Gasteiger partial charge in [-0.15, -0.1) is 0 Å². The predicted molar refractivity (Wildman–Crippen MR) is 151 cm³/mol. The molecule has 0 aromatic carbocycles. The standard InChI is InChI=1S/4C4H8N2O3.2C2H5NO2/c4*5-2(4(8)9)1-3(6)7;2*3-1-2(4)5/h4*2H,1,5H2,(H2,6,7)(H,8,9);2*1,3H2,(H,4,5). The summed E-state index contributed by atoms with van der Waals surface area (Å²) in [6, 6.07) is -4.66. The van der Waals surface area contributed by atoms with Crippen molar-refractivity contribution in [1.29, 1.82) is 0 Å². The molecule has 0 saturated carbocycles. The van der Waals surface area contributed by atoms with E-state index in [2.05, 4.69) is 34.4 Å². The molecule has 26 N–H and O–H groups in total. The summed E-state index contributed by atoms with van der Waals surface area (Å²) in [5.74, 6) is -9.61. The molecule has 0 aromatic rings. The molecule has 0 fully saturated rings. The van der Waals surface area contributed by atoms with Gasteiger partial charge >= 0.3 is 35.8 Å². The van der Waals surface area contributed by atoms with Crippen molar-refractivity contribution in [3.05, 3.63) is 0 Å². The molecule has 0 aromatic heterocycles. The van der Waals surface area contributed by atoms with E-state index in [1.54, 1.807) is 0 Å². The first-order valence-corrected chi connectivity index (χ1v) is 11.6. The predicted octanol–water partition coefficient (Wildman–Crippen LogP) is -8.85. The molecular formula is C20H42N10O16. The van der Waals surface area contributed by atoms with Gasteiger partial charge in [-0.1, -0.05) is 0 Å². The Kier molecular flexibility index (Phi) is 37.3. The minimum atomic E-state index is -1.21. The summed E-state index contributed by atoms with van der Waals surface area (Å²) in [5, 5.41) is 47.6. The number of carboxylic acids is 6. The van der Waals surface area contributed by atoms with Crippen LogP contribution < -0.4 is 57.3 Å². The summed E-state index contributed by atoms with van der Waals surface area (Å²) in [6.45, 7) is -0.556. The Morgan fingerprint density at radius 3 is 0.500 bits per heavy atom. The van der Waals surface area contributed by atoms with Crippen LogP contribution in [-0.4, -0.2) is 127 Å². The van der Waals surface area contributed by atoms with Crippen molar-refractivity contribution < 1.29 is 78.6 Å². The van der Waals surface area contributed by atoms with Gasteiger partial charge in [0, 0.05) is 0 Å². The molecule has 0 aliphatic rings. The number of carbonyl (C=O) groups is 10. The van der Waals surface area contributed by atoms with Crippen molar-refractivity contribution in [2.75, 3.05) is 13.1 Å². The largest absolute Gasteiger partial charge is 0.480 e. The van der Waals surface area contributed by atoms with E-state index in [4.69, 9.17) is 53.6 Å². The van der Waals surface area contributed by atoms with Crippen LogP contribution in [0.3, 0.4) is 0 Å². The quantitative estimate of drug-likeness (QED) is 0.0810. The second kappa shape index (κ2) is 32.4. The number of primary amides is 4. The van der Waals surface area contributed by atoms with Gasteiger partial charge in [-0.05, 0) is 0 Å².